The van der Waals surface area contributed by atoms with E-state index < -0.39 is 11.6 Å². The van der Waals surface area contributed by atoms with Crippen molar-refractivity contribution in [2.75, 3.05) is 65.4 Å². The van der Waals surface area contributed by atoms with E-state index in [-0.39, 0.29) is 52.1 Å². The van der Waals surface area contributed by atoms with Gasteiger partial charge in [-0.25, -0.2) is 4.79 Å². The summed E-state index contributed by atoms with van der Waals surface area (Å²) in [5.74, 6) is 1.15. The van der Waals surface area contributed by atoms with Gasteiger partial charge in [0.2, 0.25) is 0 Å². The van der Waals surface area contributed by atoms with E-state index in [1.807, 2.05) is 22.4 Å². The molecule has 7 saturated heterocycles. The Morgan fingerprint density at radius 2 is 1.64 bits per heavy atom. The van der Waals surface area contributed by atoms with Crippen molar-refractivity contribution in [3.05, 3.63) is 22.4 Å². The number of unbranched alkanes of at least 4 members (excludes halogenated alkanes) is 1. The molecule has 1 saturated carbocycles. The number of ether oxygens (including phenoxy) is 1. The van der Waals surface area contributed by atoms with Gasteiger partial charge in [-0.15, -0.1) is 11.3 Å². The van der Waals surface area contributed by atoms with E-state index in [4.69, 9.17) is 4.74 Å². The Balaban J connectivity index is 0.000000381. The first kappa shape index (κ1) is 36.8. The first-order valence-corrected chi connectivity index (χ1v) is 18.4. The lowest BCUT2D eigenvalue weighted by atomic mass is 9.82. The minimum absolute atomic E-state index is 0. The fourth-order valence-electron chi connectivity index (χ4n) is 9.16. The molecule has 0 aromatic carbocycles. The number of aliphatic hydroxyl groups excluding tert-OH is 1. The number of halogens is 2. The monoisotopic (exact) mass is 761 g/mol. The number of carbonyl (C=O) groups is 1. The highest BCUT2D eigenvalue weighted by Gasteiger charge is 2.53. The van der Waals surface area contributed by atoms with Crippen LogP contribution in [0.3, 0.4) is 0 Å². The van der Waals surface area contributed by atoms with Gasteiger partial charge in [-0.2, -0.15) is 0 Å². The number of rotatable bonds is 9. The Hall–Kier alpha value is -0.0700. The fraction of sp³-hybridized carbons (Fsp3) is 0.853. The molecule has 1 aromatic heterocycles. The average Bonchev–Trinajstić information content (AvgIpc) is 3.78. The lowest BCUT2D eigenvalue weighted by molar-refractivity contribution is -0.946. The second kappa shape index (κ2) is 16.8. The van der Waals surface area contributed by atoms with Gasteiger partial charge in [0.15, 0.2) is 11.7 Å². The lowest BCUT2D eigenvalue weighted by Crippen LogP contribution is -3.14. The molecule has 1 aliphatic carbocycles. The van der Waals surface area contributed by atoms with Crippen molar-refractivity contribution < 1.29 is 63.1 Å². The minimum Gasteiger partial charge on any atom is -1.00 e. The number of fused-ring (bicyclic) bond motifs is 6. The second-order valence-corrected chi connectivity index (χ2v) is 15.7. The molecule has 10 heteroatoms. The summed E-state index contributed by atoms with van der Waals surface area (Å²) in [6.45, 7) is 12.1. The molecule has 8 heterocycles. The number of nitrogens with one attached hydrogen (secondary N) is 1. The number of hydrogen-bond acceptors (Lipinski definition) is 6. The topological polar surface area (TPSA) is 74.4 Å². The number of quaternary nitrogens is 2. The molecule has 44 heavy (non-hydrogen) atoms. The van der Waals surface area contributed by atoms with E-state index in [2.05, 4.69) is 4.90 Å². The molecular weight excluding hydrogens is 706 g/mol. The molecule has 9 rings (SSSR count). The van der Waals surface area contributed by atoms with Gasteiger partial charge >= 0.3 is 5.97 Å². The van der Waals surface area contributed by atoms with Crippen molar-refractivity contribution in [1.29, 1.82) is 0 Å². The third-order valence-electron chi connectivity index (χ3n) is 12.1. The van der Waals surface area contributed by atoms with E-state index >= 15 is 0 Å². The molecule has 1 aromatic rings. The summed E-state index contributed by atoms with van der Waals surface area (Å²) in [5.41, 5.74) is -1.48. The maximum Gasteiger partial charge on any atom is 0.344 e. The molecule has 0 unspecified atom stereocenters. The van der Waals surface area contributed by atoms with Crippen molar-refractivity contribution in [1.82, 2.24) is 4.90 Å². The highest BCUT2D eigenvalue weighted by Crippen LogP contribution is 2.44. The van der Waals surface area contributed by atoms with Crippen molar-refractivity contribution in [3.63, 3.8) is 0 Å². The number of nitrogens with zero attached hydrogens (tertiary/aromatic N) is 2. The molecule has 2 atom stereocenters. The summed E-state index contributed by atoms with van der Waals surface area (Å²) in [6, 6.07) is 3.82. The highest BCUT2D eigenvalue weighted by molar-refractivity contribution is 7.10. The quantitative estimate of drug-likeness (QED) is 0.144. The molecule has 0 amide bonds. The predicted octanol–water partition coefficient (Wildman–Crippen LogP) is -2.79. The summed E-state index contributed by atoms with van der Waals surface area (Å²) in [6.07, 6.45) is 14.8. The van der Waals surface area contributed by atoms with Crippen LogP contribution in [0.5, 0.6) is 0 Å². The smallest absolute Gasteiger partial charge is 0.344 e. The fourth-order valence-corrected chi connectivity index (χ4v) is 10.1. The summed E-state index contributed by atoms with van der Waals surface area (Å²) in [7, 11) is 0. The third-order valence-corrected chi connectivity index (χ3v) is 13.1. The normalized spacial score (nSPS) is 33.4. The van der Waals surface area contributed by atoms with E-state index in [0.717, 1.165) is 99.4 Å². The van der Waals surface area contributed by atoms with Gasteiger partial charge in [-0.1, -0.05) is 18.9 Å². The van der Waals surface area contributed by atoms with Crippen LogP contribution in [0.4, 0.5) is 0 Å². The molecule has 3 N–H and O–H groups in total. The maximum atomic E-state index is 13.6. The van der Waals surface area contributed by atoms with E-state index in [1.165, 1.54) is 76.2 Å². The molecule has 0 spiro atoms. The molecule has 8 fully saturated rings. The second-order valence-electron chi connectivity index (χ2n) is 14.7. The minimum atomic E-state index is -1.48. The van der Waals surface area contributed by atoms with Crippen LogP contribution in [0.1, 0.15) is 88.3 Å². The number of likely N-dealkylation sites (tertiary alicyclic amines) is 1. The van der Waals surface area contributed by atoms with Gasteiger partial charge in [0.1, 0.15) is 6.54 Å². The van der Waals surface area contributed by atoms with Crippen molar-refractivity contribution in [3.8, 4) is 0 Å². The Kier molecular flexibility index (Phi) is 14.1. The Morgan fingerprint density at radius 1 is 0.977 bits per heavy atom. The number of carbonyl (C=O) groups excluding carboxylic acids is 1. The van der Waals surface area contributed by atoms with Gasteiger partial charge in [-0.3, -0.25) is 0 Å². The molecule has 8 aliphatic rings. The Bertz CT molecular complexity index is 966. The Morgan fingerprint density at radius 3 is 2.18 bits per heavy atom. The van der Waals surface area contributed by atoms with Gasteiger partial charge in [0.25, 0.3) is 0 Å². The van der Waals surface area contributed by atoms with Crippen LogP contribution in [0.15, 0.2) is 17.5 Å². The van der Waals surface area contributed by atoms with Crippen LogP contribution < -0.4 is 38.9 Å². The zero-order valence-electron chi connectivity index (χ0n) is 26.7. The zero-order valence-corrected chi connectivity index (χ0v) is 30.6. The summed E-state index contributed by atoms with van der Waals surface area (Å²) in [4.78, 5) is 18.7. The van der Waals surface area contributed by atoms with Gasteiger partial charge in [0, 0.05) is 42.6 Å². The third kappa shape index (κ3) is 8.69. The van der Waals surface area contributed by atoms with Crippen molar-refractivity contribution in [2.24, 2.45) is 17.8 Å². The average molecular weight is 764 g/mol. The van der Waals surface area contributed by atoms with Crippen LogP contribution in [-0.2, 0) is 15.1 Å². The van der Waals surface area contributed by atoms with E-state index in [1.54, 1.807) is 0 Å². The number of esters is 1. The molecule has 4 bridgehead atoms. The maximum absolute atomic E-state index is 13.6. The molecule has 252 valence electrons. The molecule has 0 radical (unpaired) electrons. The van der Waals surface area contributed by atoms with Crippen molar-refractivity contribution in [2.45, 2.75) is 101 Å². The first-order valence-electron chi connectivity index (χ1n) is 17.5. The standard InChI is InChI=1S/C27H43N2O4S.C7H13N.2BrH/c30-23-9-14-28(15-10-23)13-3-4-16-29-17-11-21(12-18-29)24(20-29)33-26(31)27(32,22-6-1-2-7-22)25-8-5-19-34-25;1-4-8-5-2-7(1)3-6-8;;/h5,8,19,21-24,30,32H,1-4,6-7,9-18,20H2;7H,1-6H2;2*1H/q+1;;;/p-1/t21?,24-,27+,29?;;;/m0.../s1. The summed E-state index contributed by atoms with van der Waals surface area (Å²) in [5, 5.41) is 23.4. The number of piperidine rings is 7. The lowest BCUT2D eigenvalue weighted by Gasteiger charge is -2.52. The van der Waals surface area contributed by atoms with Crippen LogP contribution >= 0.6 is 11.3 Å². The molecular formula is C34H57Br2N3O4S. The first-order chi connectivity index (χ1) is 20.4. The number of hydrogen-bond donors (Lipinski definition) is 3. The number of aliphatic hydroxyl groups is 2. The molecule has 7 aliphatic heterocycles. The van der Waals surface area contributed by atoms with Crippen molar-refractivity contribution >= 4 is 17.3 Å². The largest absolute Gasteiger partial charge is 1.00 e. The van der Waals surface area contributed by atoms with Crippen LogP contribution in [0, 0.1) is 17.8 Å². The van der Waals surface area contributed by atoms with Gasteiger partial charge < -0.3 is 63.2 Å². The van der Waals surface area contributed by atoms with Gasteiger partial charge in [-0.05, 0) is 81.7 Å². The summed E-state index contributed by atoms with van der Waals surface area (Å²) < 4.78 is 7.31. The van der Waals surface area contributed by atoms with Crippen LogP contribution in [-0.4, -0.2) is 103 Å². The molecule has 7 nitrogen and oxygen atoms in total. The van der Waals surface area contributed by atoms with Gasteiger partial charge in [0.05, 0.1) is 45.4 Å². The Labute approximate surface area is 290 Å². The highest BCUT2D eigenvalue weighted by atomic mass is 79.9. The number of thiophene rings is 1. The van der Waals surface area contributed by atoms with E-state index in [9.17, 15) is 15.0 Å². The zero-order chi connectivity index (χ0) is 29.0. The van der Waals surface area contributed by atoms with Crippen LogP contribution in [0.2, 0.25) is 0 Å². The summed E-state index contributed by atoms with van der Waals surface area (Å²) >= 11 is 1.47. The predicted molar refractivity (Wildman–Crippen MR) is 166 cm³/mol. The SMILES string of the molecule is C1C[NH+]2CCC1CC2.O=C(O[C@H]1C[N+]2(CCCCN3CCC(O)CC3)CCC1CC2)[C@](O)(c1cccs1)C1CCCC1.[Br-].[Br-]. The van der Waals surface area contributed by atoms with E-state index in [0.29, 0.717) is 5.92 Å². The van der Waals surface area contributed by atoms with Crippen LogP contribution in [0.25, 0.3) is 0 Å².